The molecule has 0 aromatic heterocycles. The third kappa shape index (κ3) is 14.2. The summed E-state index contributed by atoms with van der Waals surface area (Å²) in [7, 11) is 0. The molecule has 0 aliphatic rings. The van der Waals surface area contributed by atoms with Gasteiger partial charge in [-0.25, -0.2) is 0 Å². The van der Waals surface area contributed by atoms with E-state index in [0.717, 1.165) is 25.7 Å². The topological polar surface area (TPSA) is 0 Å². The lowest BCUT2D eigenvalue weighted by Gasteiger charge is -2.36. The van der Waals surface area contributed by atoms with Crippen LogP contribution in [-0.4, -0.2) is 18.5 Å². The van der Waals surface area contributed by atoms with Gasteiger partial charge in [0.1, 0.15) is 0 Å². The van der Waals surface area contributed by atoms with E-state index in [0.29, 0.717) is 12.8 Å². The zero-order valence-corrected chi connectivity index (χ0v) is 14.2. The molecule has 152 valence electrons. The highest BCUT2D eigenvalue weighted by Crippen LogP contribution is 2.51. The van der Waals surface area contributed by atoms with Gasteiger partial charge in [-0.15, -0.1) is 0 Å². The van der Waals surface area contributed by atoms with E-state index in [1.807, 2.05) is 6.92 Å². The second-order valence-corrected chi connectivity index (χ2v) is 6.75. The molecule has 0 bridgehead atoms. The lowest BCUT2D eigenvalue weighted by molar-refractivity contribution is -0.227. The first-order valence-corrected chi connectivity index (χ1v) is 8.38. The lowest BCUT2D eigenvalue weighted by Crippen LogP contribution is -2.37. The predicted octanol–water partition coefficient (Wildman–Crippen LogP) is 7.97. The zero-order chi connectivity index (χ0) is 19.8. The smallest absolute Gasteiger partial charge is 0.171 e. The number of rotatable bonds is 11. The molecule has 0 aromatic rings. The van der Waals surface area contributed by atoms with Gasteiger partial charge in [-0.3, -0.25) is 0 Å². The fraction of sp³-hybridized carbons (Fsp3) is 1.00. The van der Waals surface area contributed by atoms with Crippen molar-refractivity contribution in [2.75, 3.05) is 0 Å². The second-order valence-electron chi connectivity index (χ2n) is 6.75. The maximum Gasteiger partial charge on any atom is 0.389 e. The first kappa shape index (κ1) is 24.4. The first-order valence-electron chi connectivity index (χ1n) is 8.38. The molecule has 0 unspecified atom stereocenters. The van der Waals surface area contributed by atoms with Crippen molar-refractivity contribution in [2.24, 2.45) is 5.41 Å². The molecule has 0 aliphatic heterocycles. The molecular formula is C16H25F9. The molecule has 0 N–H and O–H groups in total. The van der Waals surface area contributed by atoms with E-state index in [9.17, 15) is 39.5 Å². The molecule has 0 saturated heterocycles. The standard InChI is InChI=1S/C16H25F9/c1-2-3-4-5-6-7-8-9-13(10-14(17,18)19,11-15(20,21)22)12-16(23,24)25/h2-12H2,1H3. The van der Waals surface area contributed by atoms with Crippen LogP contribution < -0.4 is 0 Å². The molecule has 0 nitrogen and oxygen atoms in total. The van der Waals surface area contributed by atoms with Gasteiger partial charge >= 0.3 is 18.5 Å². The molecule has 0 radical (unpaired) electrons. The van der Waals surface area contributed by atoms with Gasteiger partial charge in [-0.2, -0.15) is 39.5 Å². The molecule has 9 heteroatoms. The second kappa shape index (κ2) is 9.90. The van der Waals surface area contributed by atoms with Gasteiger partial charge in [-0.1, -0.05) is 51.9 Å². The van der Waals surface area contributed by atoms with Gasteiger partial charge in [0.25, 0.3) is 0 Å². The van der Waals surface area contributed by atoms with Gasteiger partial charge in [0.2, 0.25) is 0 Å². The number of halogens is 9. The maximum atomic E-state index is 12.7. The van der Waals surface area contributed by atoms with Gasteiger partial charge < -0.3 is 0 Å². The van der Waals surface area contributed by atoms with Gasteiger partial charge in [0.15, 0.2) is 0 Å². The van der Waals surface area contributed by atoms with E-state index >= 15 is 0 Å². The van der Waals surface area contributed by atoms with E-state index in [4.69, 9.17) is 0 Å². The van der Waals surface area contributed by atoms with Crippen molar-refractivity contribution in [1.82, 2.24) is 0 Å². The van der Waals surface area contributed by atoms with Crippen LogP contribution >= 0.6 is 0 Å². The van der Waals surface area contributed by atoms with Crippen LogP contribution in [-0.2, 0) is 0 Å². The van der Waals surface area contributed by atoms with Crippen molar-refractivity contribution in [3.05, 3.63) is 0 Å². The quantitative estimate of drug-likeness (QED) is 0.249. The van der Waals surface area contributed by atoms with Crippen LogP contribution in [0.25, 0.3) is 0 Å². The number of hydrogen-bond donors (Lipinski definition) is 0. The summed E-state index contributed by atoms with van der Waals surface area (Å²) in [5.74, 6) is 0. The number of alkyl halides is 9. The Balaban J connectivity index is 4.99. The fourth-order valence-electron chi connectivity index (χ4n) is 3.19. The van der Waals surface area contributed by atoms with E-state index in [2.05, 4.69) is 0 Å². The largest absolute Gasteiger partial charge is 0.389 e. The Morgan fingerprint density at radius 1 is 0.480 bits per heavy atom. The summed E-state index contributed by atoms with van der Waals surface area (Å²) in [5.41, 5.74) is -2.88. The average Bonchev–Trinajstić information content (AvgIpc) is 2.31. The third-order valence-corrected chi connectivity index (χ3v) is 4.04. The average molecular weight is 388 g/mol. The SMILES string of the molecule is CCCCCCCCCC(CC(F)(F)F)(CC(F)(F)F)CC(F)(F)F. The van der Waals surface area contributed by atoms with Crippen molar-refractivity contribution in [1.29, 1.82) is 0 Å². The number of hydrogen-bond acceptors (Lipinski definition) is 0. The van der Waals surface area contributed by atoms with Crippen LogP contribution in [0.3, 0.4) is 0 Å². The molecule has 0 aliphatic carbocycles. The monoisotopic (exact) mass is 388 g/mol. The summed E-state index contributed by atoms with van der Waals surface area (Å²) in [6, 6.07) is 0. The van der Waals surface area contributed by atoms with Crippen molar-refractivity contribution in [3.8, 4) is 0 Å². The summed E-state index contributed by atoms with van der Waals surface area (Å²) >= 11 is 0. The van der Waals surface area contributed by atoms with E-state index in [1.165, 1.54) is 0 Å². The molecule has 0 aromatic carbocycles. The Hall–Kier alpha value is -0.630. The van der Waals surface area contributed by atoms with Gasteiger partial charge in [0.05, 0.1) is 0 Å². The van der Waals surface area contributed by atoms with Crippen LogP contribution in [0.4, 0.5) is 39.5 Å². The van der Waals surface area contributed by atoms with E-state index < -0.39 is 49.6 Å². The maximum absolute atomic E-state index is 12.7. The Morgan fingerprint density at radius 3 is 1.12 bits per heavy atom. The highest BCUT2D eigenvalue weighted by Gasteiger charge is 2.53. The van der Waals surface area contributed by atoms with Crippen molar-refractivity contribution in [3.63, 3.8) is 0 Å². The molecule has 0 spiro atoms. The highest BCUT2D eigenvalue weighted by molar-refractivity contribution is 4.87. The molecule has 0 atom stereocenters. The molecule has 0 saturated carbocycles. The molecular weight excluding hydrogens is 363 g/mol. The number of unbranched alkanes of at least 4 members (excludes halogenated alkanes) is 6. The summed E-state index contributed by atoms with van der Waals surface area (Å²) in [5, 5.41) is 0. The summed E-state index contributed by atoms with van der Waals surface area (Å²) in [6.45, 7) is 1.99. The Kier molecular flexibility index (Phi) is 9.65. The van der Waals surface area contributed by atoms with Crippen LogP contribution in [0.1, 0.15) is 77.6 Å². The minimum Gasteiger partial charge on any atom is -0.171 e. The lowest BCUT2D eigenvalue weighted by atomic mass is 9.73. The molecule has 0 fully saturated rings. The van der Waals surface area contributed by atoms with E-state index in [-0.39, 0.29) is 6.42 Å². The van der Waals surface area contributed by atoms with E-state index in [1.54, 1.807) is 0 Å². The molecule has 0 heterocycles. The summed E-state index contributed by atoms with van der Waals surface area (Å²) < 4.78 is 114. The molecule has 0 rings (SSSR count). The predicted molar refractivity (Wildman–Crippen MR) is 77.1 cm³/mol. The van der Waals surface area contributed by atoms with Crippen LogP contribution in [0.5, 0.6) is 0 Å². The van der Waals surface area contributed by atoms with Crippen molar-refractivity contribution >= 4 is 0 Å². The summed E-state index contributed by atoms with van der Waals surface area (Å²) in [4.78, 5) is 0. The molecule has 25 heavy (non-hydrogen) atoms. The van der Waals surface area contributed by atoms with Gasteiger partial charge in [0, 0.05) is 19.3 Å². The Morgan fingerprint density at radius 2 is 0.800 bits per heavy atom. The minimum atomic E-state index is -5.09. The van der Waals surface area contributed by atoms with Gasteiger partial charge in [-0.05, 0) is 11.8 Å². The zero-order valence-electron chi connectivity index (χ0n) is 14.2. The Bertz CT molecular complexity index is 311. The summed E-state index contributed by atoms with van der Waals surface area (Å²) in [6.07, 6.45) is -17.7. The normalized spacial score (nSPS) is 14.2. The van der Waals surface area contributed by atoms with Crippen molar-refractivity contribution in [2.45, 2.75) is 96.1 Å². The minimum absolute atomic E-state index is 0.0750. The fourth-order valence-corrected chi connectivity index (χ4v) is 3.19. The highest BCUT2D eigenvalue weighted by atomic mass is 19.4. The van der Waals surface area contributed by atoms with Crippen LogP contribution in [0.2, 0.25) is 0 Å². The van der Waals surface area contributed by atoms with Crippen molar-refractivity contribution < 1.29 is 39.5 Å². The molecule has 0 amide bonds. The van der Waals surface area contributed by atoms with Crippen LogP contribution in [0, 0.1) is 5.41 Å². The third-order valence-electron chi connectivity index (χ3n) is 4.04. The first-order chi connectivity index (χ1) is 11.2. The van der Waals surface area contributed by atoms with Crippen LogP contribution in [0.15, 0.2) is 0 Å². The Labute approximate surface area is 142 Å².